The second kappa shape index (κ2) is 7.11. The quantitative estimate of drug-likeness (QED) is 0.812. The molecule has 1 aromatic carbocycles. The van der Waals surface area contributed by atoms with Gasteiger partial charge in [0.2, 0.25) is 0 Å². The van der Waals surface area contributed by atoms with E-state index in [-0.39, 0.29) is 18.3 Å². The Labute approximate surface area is 107 Å². The molecule has 0 aliphatic carbocycles. The maximum atomic E-state index is 13.1. The predicted molar refractivity (Wildman–Crippen MR) is 69.1 cm³/mol. The number of benzene rings is 1. The third kappa shape index (κ3) is 4.84. The Morgan fingerprint density at radius 3 is 2.78 bits per heavy atom. The zero-order valence-corrected chi connectivity index (χ0v) is 10.9. The second-order valence-electron chi connectivity index (χ2n) is 4.52. The number of carboxylic acids is 1. The summed E-state index contributed by atoms with van der Waals surface area (Å²) < 4.78 is 13.1. The van der Waals surface area contributed by atoms with Crippen LogP contribution >= 0.6 is 0 Å². The highest BCUT2D eigenvalue weighted by Gasteiger charge is 2.14. The average molecular weight is 253 g/mol. The Hall–Kier alpha value is -1.42. The van der Waals surface area contributed by atoms with Crippen LogP contribution in [0.25, 0.3) is 0 Å². The Kier molecular flexibility index (Phi) is 5.78. The zero-order chi connectivity index (χ0) is 13.5. The maximum Gasteiger partial charge on any atom is 0.304 e. The first-order valence-corrected chi connectivity index (χ1v) is 6.19. The maximum absolute atomic E-state index is 13.1. The van der Waals surface area contributed by atoms with Crippen molar-refractivity contribution in [3.05, 3.63) is 35.6 Å². The van der Waals surface area contributed by atoms with Gasteiger partial charge in [0.1, 0.15) is 5.82 Å². The fraction of sp³-hybridized carbons (Fsp3) is 0.500. The summed E-state index contributed by atoms with van der Waals surface area (Å²) in [6.45, 7) is 2.57. The van der Waals surface area contributed by atoms with Crippen LogP contribution < -0.4 is 0 Å². The minimum atomic E-state index is -0.789. The van der Waals surface area contributed by atoms with E-state index in [4.69, 9.17) is 5.11 Å². The normalized spacial score (nSPS) is 12.7. The minimum Gasteiger partial charge on any atom is -0.481 e. The molecule has 0 bridgehead atoms. The average Bonchev–Trinajstić information content (AvgIpc) is 2.33. The van der Waals surface area contributed by atoms with E-state index in [1.54, 1.807) is 6.07 Å². The molecule has 3 nitrogen and oxygen atoms in total. The molecular weight excluding hydrogens is 233 g/mol. The van der Waals surface area contributed by atoms with Gasteiger partial charge >= 0.3 is 5.97 Å². The van der Waals surface area contributed by atoms with Gasteiger partial charge in [-0.1, -0.05) is 19.1 Å². The lowest BCUT2D eigenvalue weighted by atomic mass is 10.0. The van der Waals surface area contributed by atoms with Gasteiger partial charge in [0.05, 0.1) is 6.42 Å². The van der Waals surface area contributed by atoms with Crippen molar-refractivity contribution in [2.45, 2.75) is 32.2 Å². The van der Waals surface area contributed by atoms with Crippen LogP contribution in [0.5, 0.6) is 0 Å². The van der Waals surface area contributed by atoms with Gasteiger partial charge in [-0.05, 0) is 37.6 Å². The molecule has 1 rings (SSSR count). The molecule has 1 atom stereocenters. The van der Waals surface area contributed by atoms with E-state index in [2.05, 4.69) is 6.92 Å². The van der Waals surface area contributed by atoms with E-state index in [0.717, 1.165) is 18.4 Å². The molecule has 0 radical (unpaired) electrons. The van der Waals surface area contributed by atoms with Crippen LogP contribution in [0, 0.1) is 5.82 Å². The number of halogens is 1. The van der Waals surface area contributed by atoms with Gasteiger partial charge in [0, 0.05) is 12.6 Å². The summed E-state index contributed by atoms with van der Waals surface area (Å²) in [7, 11) is 1.91. The molecule has 0 aliphatic rings. The van der Waals surface area contributed by atoms with Crippen LogP contribution in [0.2, 0.25) is 0 Å². The van der Waals surface area contributed by atoms with Crippen molar-refractivity contribution in [3.8, 4) is 0 Å². The van der Waals surface area contributed by atoms with Crippen molar-refractivity contribution in [2.24, 2.45) is 0 Å². The first-order valence-electron chi connectivity index (χ1n) is 6.19. The van der Waals surface area contributed by atoms with Gasteiger partial charge in [-0.3, -0.25) is 4.79 Å². The third-order valence-electron chi connectivity index (χ3n) is 3.13. The number of likely N-dealkylation sites (N-methyl/N-ethyl adjacent to an activating group) is 1. The monoisotopic (exact) mass is 253 g/mol. The highest BCUT2D eigenvalue weighted by molar-refractivity contribution is 5.66. The van der Waals surface area contributed by atoms with Crippen LogP contribution in [-0.2, 0) is 11.2 Å². The van der Waals surface area contributed by atoms with Crippen LogP contribution in [-0.4, -0.2) is 35.6 Å². The van der Waals surface area contributed by atoms with Crippen molar-refractivity contribution < 1.29 is 14.3 Å². The van der Waals surface area contributed by atoms with Crippen LogP contribution in [0.3, 0.4) is 0 Å². The SMILES string of the molecule is CCC(Cc1cccc(F)c1)N(C)CCC(=O)O. The molecule has 18 heavy (non-hydrogen) atoms. The van der Waals surface area contributed by atoms with Crippen molar-refractivity contribution in [2.75, 3.05) is 13.6 Å². The first kappa shape index (κ1) is 14.6. The first-order chi connectivity index (χ1) is 8.52. The predicted octanol–water partition coefficient (Wildman–Crippen LogP) is 2.55. The smallest absolute Gasteiger partial charge is 0.304 e. The number of nitrogens with zero attached hydrogens (tertiary/aromatic N) is 1. The topological polar surface area (TPSA) is 40.5 Å². The van der Waals surface area contributed by atoms with E-state index in [1.165, 1.54) is 12.1 Å². The Balaban J connectivity index is 2.58. The van der Waals surface area contributed by atoms with Crippen molar-refractivity contribution in [3.63, 3.8) is 0 Å². The molecular formula is C14H20FNO2. The number of carbonyl (C=O) groups is 1. The second-order valence-corrected chi connectivity index (χ2v) is 4.52. The number of rotatable bonds is 7. The Morgan fingerprint density at radius 1 is 1.50 bits per heavy atom. The molecule has 0 spiro atoms. The summed E-state index contributed by atoms with van der Waals surface area (Å²) in [6, 6.07) is 6.81. The van der Waals surface area contributed by atoms with E-state index in [9.17, 15) is 9.18 Å². The lowest BCUT2D eigenvalue weighted by Crippen LogP contribution is -2.34. The van der Waals surface area contributed by atoms with Gasteiger partial charge in [0.15, 0.2) is 0 Å². The Bertz CT molecular complexity index is 395. The van der Waals surface area contributed by atoms with Gasteiger partial charge in [-0.25, -0.2) is 4.39 Å². The number of aliphatic carboxylic acids is 1. The molecule has 1 aromatic rings. The molecule has 0 fully saturated rings. The van der Waals surface area contributed by atoms with Crippen LogP contribution in [0.15, 0.2) is 24.3 Å². The molecule has 0 aliphatic heterocycles. The summed E-state index contributed by atoms with van der Waals surface area (Å²) in [6.07, 6.45) is 1.78. The van der Waals surface area contributed by atoms with Gasteiger partial charge in [-0.2, -0.15) is 0 Å². The lowest BCUT2D eigenvalue weighted by Gasteiger charge is -2.26. The van der Waals surface area contributed by atoms with E-state index < -0.39 is 5.97 Å². The highest BCUT2D eigenvalue weighted by atomic mass is 19.1. The van der Waals surface area contributed by atoms with E-state index in [1.807, 2.05) is 18.0 Å². The molecule has 0 heterocycles. The summed E-state index contributed by atoms with van der Waals surface area (Å²) in [5, 5.41) is 8.67. The van der Waals surface area contributed by atoms with Crippen molar-refractivity contribution >= 4 is 5.97 Å². The van der Waals surface area contributed by atoms with Gasteiger partial charge in [0.25, 0.3) is 0 Å². The minimum absolute atomic E-state index is 0.135. The third-order valence-corrected chi connectivity index (χ3v) is 3.13. The molecule has 4 heteroatoms. The zero-order valence-electron chi connectivity index (χ0n) is 10.9. The summed E-state index contributed by atoms with van der Waals surface area (Å²) in [4.78, 5) is 12.6. The molecule has 1 unspecified atom stereocenters. The summed E-state index contributed by atoms with van der Waals surface area (Å²) >= 11 is 0. The van der Waals surface area contributed by atoms with Gasteiger partial charge < -0.3 is 10.0 Å². The van der Waals surface area contributed by atoms with Crippen molar-refractivity contribution in [1.29, 1.82) is 0 Å². The molecule has 0 saturated heterocycles. The van der Waals surface area contributed by atoms with Gasteiger partial charge in [-0.15, -0.1) is 0 Å². The molecule has 0 amide bonds. The van der Waals surface area contributed by atoms with Crippen LogP contribution in [0.1, 0.15) is 25.3 Å². The number of hydrogen-bond acceptors (Lipinski definition) is 2. The Morgan fingerprint density at radius 2 is 2.22 bits per heavy atom. The fourth-order valence-corrected chi connectivity index (χ4v) is 2.00. The molecule has 100 valence electrons. The molecule has 0 saturated carbocycles. The van der Waals surface area contributed by atoms with E-state index >= 15 is 0 Å². The molecule has 0 aromatic heterocycles. The number of carboxylic acid groups (broad SMARTS) is 1. The fourth-order valence-electron chi connectivity index (χ4n) is 2.00. The summed E-state index contributed by atoms with van der Waals surface area (Å²) in [5.41, 5.74) is 0.948. The molecule has 1 N–H and O–H groups in total. The van der Waals surface area contributed by atoms with Crippen LogP contribution in [0.4, 0.5) is 4.39 Å². The highest BCUT2D eigenvalue weighted by Crippen LogP contribution is 2.12. The van der Waals surface area contributed by atoms with E-state index in [0.29, 0.717) is 6.54 Å². The summed E-state index contributed by atoms with van der Waals surface area (Å²) in [5.74, 6) is -1.02. The largest absolute Gasteiger partial charge is 0.481 e. The number of hydrogen-bond donors (Lipinski definition) is 1. The lowest BCUT2D eigenvalue weighted by molar-refractivity contribution is -0.137. The standard InChI is InChI=1S/C14H20FNO2/c1-3-13(16(2)8-7-14(17)18)10-11-5-4-6-12(15)9-11/h4-6,9,13H,3,7-8,10H2,1-2H3,(H,17,18). The van der Waals surface area contributed by atoms with Crippen molar-refractivity contribution in [1.82, 2.24) is 4.90 Å².